The van der Waals surface area contributed by atoms with E-state index in [0.717, 1.165) is 6.29 Å². The number of hydrogen-bond acceptors (Lipinski definition) is 1. The number of rotatable bonds is 1. The van der Waals surface area contributed by atoms with Crippen molar-refractivity contribution >= 4 is 6.29 Å². The molecule has 1 nitrogen and oxygen atoms in total. The highest BCUT2D eigenvalue weighted by Crippen LogP contribution is 1.70. The Morgan fingerprint density at radius 2 is 1.71 bits per heavy atom. The second-order valence-corrected chi connectivity index (χ2v) is 0.964. The van der Waals surface area contributed by atoms with Crippen molar-refractivity contribution in [1.29, 1.82) is 0 Å². The van der Waals surface area contributed by atoms with Crippen LogP contribution in [0.4, 0.5) is 0 Å². The standard InChI is InChI=1S/C4H6O.C2H6/c1-4(2)3-5;1-2/h3H,1H2,2H3;1-2H3. The topological polar surface area (TPSA) is 17.1 Å². The Hall–Kier alpha value is -0.590. The van der Waals surface area contributed by atoms with E-state index in [9.17, 15) is 4.79 Å². The highest BCUT2D eigenvalue weighted by Gasteiger charge is 1.66. The molecule has 0 bridgehead atoms. The van der Waals surface area contributed by atoms with Gasteiger partial charge in [-0.2, -0.15) is 0 Å². The van der Waals surface area contributed by atoms with Crippen LogP contribution in [-0.2, 0) is 4.79 Å². The molecule has 0 rings (SSSR count). The molecule has 0 aromatic carbocycles. The van der Waals surface area contributed by atoms with Gasteiger partial charge in [0.15, 0.2) is 0 Å². The van der Waals surface area contributed by atoms with E-state index >= 15 is 0 Å². The molecular formula is C6H12O. The Balaban J connectivity index is 0. The molecule has 0 amide bonds. The molecule has 0 aromatic rings. The summed E-state index contributed by atoms with van der Waals surface area (Å²) < 4.78 is 0. The van der Waals surface area contributed by atoms with Gasteiger partial charge in [-0.3, -0.25) is 4.79 Å². The van der Waals surface area contributed by atoms with E-state index in [2.05, 4.69) is 6.58 Å². The Morgan fingerprint density at radius 1 is 1.57 bits per heavy atom. The summed E-state index contributed by atoms with van der Waals surface area (Å²) >= 11 is 0. The Bertz CT molecular complexity index is 55.2. The van der Waals surface area contributed by atoms with Crippen molar-refractivity contribution in [2.24, 2.45) is 0 Å². The number of carbonyl (C=O) groups excluding carboxylic acids is 1. The molecule has 0 heterocycles. The van der Waals surface area contributed by atoms with Crippen LogP contribution in [0, 0.1) is 0 Å². The molecule has 0 unspecified atom stereocenters. The summed E-state index contributed by atoms with van der Waals surface area (Å²) in [6, 6.07) is 0. The van der Waals surface area contributed by atoms with Crippen LogP contribution in [0.25, 0.3) is 0 Å². The molecule has 0 fully saturated rings. The van der Waals surface area contributed by atoms with Gasteiger partial charge in [0.2, 0.25) is 0 Å². The number of carbonyl (C=O) groups is 1. The third kappa shape index (κ3) is 31.6. The third-order valence-corrected chi connectivity index (χ3v) is 0.201. The van der Waals surface area contributed by atoms with Crippen molar-refractivity contribution in [3.05, 3.63) is 12.2 Å². The van der Waals surface area contributed by atoms with Crippen LogP contribution in [0.15, 0.2) is 12.2 Å². The lowest BCUT2D eigenvalue weighted by molar-refractivity contribution is -0.104. The average molecular weight is 100 g/mol. The smallest absolute Gasteiger partial charge is 0.145 e. The molecule has 0 aliphatic heterocycles. The van der Waals surface area contributed by atoms with E-state index in [1.54, 1.807) is 6.92 Å². The fraction of sp³-hybridized carbons (Fsp3) is 0.500. The van der Waals surface area contributed by atoms with Crippen molar-refractivity contribution < 1.29 is 4.79 Å². The average Bonchev–Trinajstić information content (AvgIpc) is 1.73. The number of aldehydes is 1. The molecule has 0 atom stereocenters. The quantitative estimate of drug-likeness (QED) is 0.362. The van der Waals surface area contributed by atoms with E-state index in [4.69, 9.17) is 0 Å². The minimum atomic E-state index is 0.574. The first kappa shape index (κ1) is 9.65. The van der Waals surface area contributed by atoms with Crippen LogP contribution in [0.3, 0.4) is 0 Å². The zero-order valence-corrected chi connectivity index (χ0v) is 5.19. The largest absolute Gasteiger partial charge is 0.298 e. The summed E-state index contributed by atoms with van der Waals surface area (Å²) in [7, 11) is 0. The van der Waals surface area contributed by atoms with E-state index in [-0.39, 0.29) is 0 Å². The first-order valence-corrected chi connectivity index (χ1v) is 2.38. The maximum absolute atomic E-state index is 9.41. The van der Waals surface area contributed by atoms with E-state index in [1.165, 1.54) is 0 Å². The minimum Gasteiger partial charge on any atom is -0.298 e. The van der Waals surface area contributed by atoms with Gasteiger partial charge in [-0.25, -0.2) is 0 Å². The molecule has 0 radical (unpaired) electrons. The maximum Gasteiger partial charge on any atom is 0.145 e. The summed E-state index contributed by atoms with van der Waals surface area (Å²) in [5.74, 6) is 0. The van der Waals surface area contributed by atoms with E-state index in [1.807, 2.05) is 13.8 Å². The summed E-state index contributed by atoms with van der Waals surface area (Å²) in [6.07, 6.45) is 0.722. The number of allylic oxidation sites excluding steroid dienone is 1. The van der Waals surface area contributed by atoms with Gasteiger partial charge in [0, 0.05) is 0 Å². The number of hydrogen-bond donors (Lipinski definition) is 0. The van der Waals surface area contributed by atoms with Crippen molar-refractivity contribution in [2.75, 3.05) is 0 Å². The lowest BCUT2D eigenvalue weighted by Gasteiger charge is -1.65. The lowest BCUT2D eigenvalue weighted by Crippen LogP contribution is -1.65. The molecule has 7 heavy (non-hydrogen) atoms. The monoisotopic (exact) mass is 100 g/mol. The van der Waals surface area contributed by atoms with E-state index in [0.29, 0.717) is 5.57 Å². The zero-order valence-electron chi connectivity index (χ0n) is 5.19. The van der Waals surface area contributed by atoms with Gasteiger partial charge in [0.1, 0.15) is 6.29 Å². The van der Waals surface area contributed by atoms with Gasteiger partial charge < -0.3 is 0 Å². The molecule has 0 saturated heterocycles. The van der Waals surface area contributed by atoms with Crippen LogP contribution in [-0.4, -0.2) is 6.29 Å². The van der Waals surface area contributed by atoms with Gasteiger partial charge >= 0.3 is 0 Å². The molecule has 0 N–H and O–H groups in total. The van der Waals surface area contributed by atoms with Crippen LogP contribution in [0.2, 0.25) is 0 Å². The summed E-state index contributed by atoms with van der Waals surface area (Å²) in [4.78, 5) is 9.41. The predicted molar refractivity (Wildman–Crippen MR) is 32.2 cm³/mol. The molecule has 0 aliphatic rings. The fourth-order valence-corrected chi connectivity index (χ4v) is 0. The van der Waals surface area contributed by atoms with Crippen molar-refractivity contribution in [1.82, 2.24) is 0 Å². The molecule has 42 valence electrons. The first-order chi connectivity index (χ1) is 3.27. The minimum absolute atomic E-state index is 0.574. The van der Waals surface area contributed by atoms with Crippen molar-refractivity contribution in [2.45, 2.75) is 20.8 Å². The Kier molecular flexibility index (Phi) is 12.5. The first-order valence-electron chi connectivity index (χ1n) is 2.38. The maximum atomic E-state index is 9.41. The summed E-state index contributed by atoms with van der Waals surface area (Å²) in [5.41, 5.74) is 0.574. The molecule has 0 saturated carbocycles. The Labute approximate surface area is 45.0 Å². The van der Waals surface area contributed by atoms with Gasteiger partial charge in [-0.15, -0.1) is 0 Å². The van der Waals surface area contributed by atoms with Crippen LogP contribution >= 0.6 is 0 Å². The van der Waals surface area contributed by atoms with Crippen molar-refractivity contribution in [3.8, 4) is 0 Å². The van der Waals surface area contributed by atoms with Gasteiger partial charge in [0.25, 0.3) is 0 Å². The highest BCUT2D eigenvalue weighted by molar-refractivity contribution is 5.70. The molecule has 0 spiro atoms. The van der Waals surface area contributed by atoms with Crippen LogP contribution < -0.4 is 0 Å². The lowest BCUT2D eigenvalue weighted by atomic mass is 10.4. The summed E-state index contributed by atoms with van der Waals surface area (Å²) in [5, 5.41) is 0. The third-order valence-electron chi connectivity index (χ3n) is 0.201. The predicted octanol–water partition coefficient (Wildman–Crippen LogP) is 1.79. The molecule has 0 aliphatic carbocycles. The Morgan fingerprint density at radius 3 is 1.71 bits per heavy atom. The van der Waals surface area contributed by atoms with Gasteiger partial charge in [-0.1, -0.05) is 20.4 Å². The molecular weight excluding hydrogens is 88.1 g/mol. The molecule has 1 heteroatoms. The SMILES string of the molecule is C=C(C)C=O.CC. The summed E-state index contributed by atoms with van der Waals surface area (Å²) in [6.45, 7) is 8.97. The highest BCUT2D eigenvalue weighted by atomic mass is 16.1. The normalized spacial score (nSPS) is 5.57. The fourth-order valence-electron chi connectivity index (χ4n) is 0. The van der Waals surface area contributed by atoms with Crippen LogP contribution in [0.5, 0.6) is 0 Å². The van der Waals surface area contributed by atoms with Crippen LogP contribution in [0.1, 0.15) is 20.8 Å². The van der Waals surface area contributed by atoms with Gasteiger partial charge in [-0.05, 0) is 12.5 Å². The van der Waals surface area contributed by atoms with Gasteiger partial charge in [0.05, 0.1) is 0 Å². The second-order valence-electron chi connectivity index (χ2n) is 0.964. The second kappa shape index (κ2) is 9.05. The molecule has 0 aromatic heterocycles. The van der Waals surface area contributed by atoms with E-state index < -0.39 is 0 Å². The van der Waals surface area contributed by atoms with Crippen molar-refractivity contribution in [3.63, 3.8) is 0 Å². The zero-order chi connectivity index (χ0) is 6.28.